The number of fused-ring (bicyclic) bond motifs is 1. The predicted molar refractivity (Wildman–Crippen MR) is 90.3 cm³/mol. The summed E-state index contributed by atoms with van der Waals surface area (Å²) < 4.78 is 13.2. The maximum absolute atomic E-state index is 13.2. The van der Waals surface area contributed by atoms with Crippen LogP contribution < -0.4 is 10.4 Å². The van der Waals surface area contributed by atoms with Crippen molar-refractivity contribution >= 4 is 11.5 Å². The fraction of sp³-hybridized carbons (Fsp3) is 0.421. The second-order valence-corrected chi connectivity index (χ2v) is 6.66. The van der Waals surface area contributed by atoms with Crippen LogP contribution in [0.15, 0.2) is 47.2 Å². The van der Waals surface area contributed by atoms with Gasteiger partial charge in [0.1, 0.15) is 11.6 Å². The highest BCUT2D eigenvalue weighted by atomic mass is 19.1. The second kappa shape index (κ2) is 5.93. The molecule has 3 rings (SSSR count). The number of benzene rings is 1. The van der Waals surface area contributed by atoms with E-state index in [0.29, 0.717) is 12.2 Å². The SMILES string of the molecule is CNN(C1=C(C)CC2(C)C(=O)CCCC2=C1)c1ccc(F)cc1. The minimum atomic E-state index is -0.339. The maximum atomic E-state index is 13.2. The number of nitrogens with one attached hydrogen (secondary N) is 1. The van der Waals surface area contributed by atoms with Gasteiger partial charge in [0.25, 0.3) is 0 Å². The third kappa shape index (κ3) is 2.72. The molecule has 3 nitrogen and oxygen atoms in total. The highest BCUT2D eigenvalue weighted by Gasteiger charge is 2.42. The molecule has 0 radical (unpaired) electrons. The molecule has 122 valence electrons. The highest BCUT2D eigenvalue weighted by molar-refractivity contribution is 5.89. The lowest BCUT2D eigenvalue weighted by atomic mass is 9.65. The quantitative estimate of drug-likeness (QED) is 0.851. The Balaban J connectivity index is 2.00. The number of nitrogens with zero attached hydrogens (tertiary/aromatic N) is 1. The molecule has 1 N–H and O–H groups in total. The molecule has 23 heavy (non-hydrogen) atoms. The van der Waals surface area contributed by atoms with Gasteiger partial charge in [0, 0.05) is 13.5 Å². The van der Waals surface area contributed by atoms with Gasteiger partial charge < -0.3 is 0 Å². The van der Waals surface area contributed by atoms with Crippen molar-refractivity contribution in [2.45, 2.75) is 39.5 Å². The monoisotopic (exact) mass is 314 g/mol. The number of halogens is 1. The summed E-state index contributed by atoms with van der Waals surface area (Å²) in [5.41, 5.74) is 7.17. The number of anilines is 1. The third-order valence-corrected chi connectivity index (χ3v) is 5.09. The average molecular weight is 314 g/mol. The first-order chi connectivity index (χ1) is 11.0. The Hall–Kier alpha value is -1.94. The number of carbonyl (C=O) groups excluding carboxylic acids is 1. The molecule has 2 aliphatic rings. The van der Waals surface area contributed by atoms with Crippen LogP contribution in [0.3, 0.4) is 0 Å². The van der Waals surface area contributed by atoms with Crippen molar-refractivity contribution in [3.8, 4) is 0 Å². The van der Waals surface area contributed by atoms with Gasteiger partial charge in [0.2, 0.25) is 0 Å². The maximum Gasteiger partial charge on any atom is 0.143 e. The summed E-state index contributed by atoms with van der Waals surface area (Å²) in [6, 6.07) is 6.43. The van der Waals surface area contributed by atoms with Crippen LogP contribution in [-0.2, 0) is 4.79 Å². The zero-order valence-electron chi connectivity index (χ0n) is 13.9. The van der Waals surface area contributed by atoms with Gasteiger partial charge >= 0.3 is 0 Å². The number of hydrogen-bond acceptors (Lipinski definition) is 3. The van der Waals surface area contributed by atoms with E-state index in [0.717, 1.165) is 30.6 Å². The molecule has 1 unspecified atom stereocenters. The number of hydrazine groups is 1. The standard InChI is InChI=1S/C19H23FN2O/c1-13-12-19(2)14(5-4-6-18(19)23)11-17(13)22(21-3)16-9-7-15(20)8-10-16/h7-11,21H,4-6,12H2,1-3H3. The summed E-state index contributed by atoms with van der Waals surface area (Å²) in [6.45, 7) is 4.14. The summed E-state index contributed by atoms with van der Waals surface area (Å²) >= 11 is 0. The van der Waals surface area contributed by atoms with Crippen LogP contribution in [0.4, 0.5) is 10.1 Å². The van der Waals surface area contributed by atoms with Crippen molar-refractivity contribution < 1.29 is 9.18 Å². The van der Waals surface area contributed by atoms with E-state index in [2.05, 4.69) is 25.3 Å². The van der Waals surface area contributed by atoms with Crippen LogP contribution in [0, 0.1) is 11.2 Å². The number of hydrogen-bond donors (Lipinski definition) is 1. The molecule has 1 saturated carbocycles. The average Bonchev–Trinajstić information content (AvgIpc) is 2.52. The number of carbonyl (C=O) groups is 1. The Labute approximate surface area is 136 Å². The first kappa shape index (κ1) is 15.9. The van der Waals surface area contributed by atoms with E-state index in [1.165, 1.54) is 23.3 Å². The Morgan fingerprint density at radius 1 is 1.22 bits per heavy atom. The van der Waals surface area contributed by atoms with Gasteiger partial charge in [-0.25, -0.2) is 9.82 Å². The lowest BCUT2D eigenvalue weighted by Gasteiger charge is -2.41. The Kier molecular flexibility index (Phi) is 4.11. The molecular formula is C19H23FN2O. The number of rotatable bonds is 3. The van der Waals surface area contributed by atoms with Crippen molar-refractivity contribution in [3.63, 3.8) is 0 Å². The van der Waals surface area contributed by atoms with Crippen LogP contribution in [0.25, 0.3) is 0 Å². The van der Waals surface area contributed by atoms with E-state index in [-0.39, 0.29) is 11.2 Å². The van der Waals surface area contributed by atoms with Crippen molar-refractivity contribution in [1.82, 2.24) is 5.43 Å². The zero-order valence-corrected chi connectivity index (χ0v) is 13.9. The van der Waals surface area contributed by atoms with E-state index in [1.54, 1.807) is 12.1 Å². The fourth-order valence-corrected chi connectivity index (χ4v) is 3.76. The van der Waals surface area contributed by atoms with Gasteiger partial charge in [0.15, 0.2) is 0 Å². The zero-order chi connectivity index (χ0) is 16.6. The minimum absolute atomic E-state index is 0.247. The first-order valence-corrected chi connectivity index (χ1v) is 8.13. The summed E-state index contributed by atoms with van der Waals surface area (Å²) in [5.74, 6) is 0.106. The topological polar surface area (TPSA) is 32.3 Å². The third-order valence-electron chi connectivity index (χ3n) is 5.09. The molecule has 1 fully saturated rings. The van der Waals surface area contributed by atoms with Gasteiger partial charge in [-0.2, -0.15) is 0 Å². The van der Waals surface area contributed by atoms with Gasteiger partial charge in [0.05, 0.1) is 16.8 Å². The number of ketones is 1. The van der Waals surface area contributed by atoms with Gasteiger partial charge in [-0.15, -0.1) is 0 Å². The Morgan fingerprint density at radius 2 is 1.91 bits per heavy atom. The summed E-state index contributed by atoms with van der Waals surface area (Å²) in [6.07, 6.45) is 5.50. The van der Waals surface area contributed by atoms with Crippen LogP contribution in [0.2, 0.25) is 0 Å². The molecule has 1 aromatic rings. The molecule has 1 atom stereocenters. The van der Waals surface area contributed by atoms with Crippen molar-refractivity contribution in [3.05, 3.63) is 53.0 Å². The van der Waals surface area contributed by atoms with Gasteiger partial charge in [-0.05, 0) is 69.0 Å². The normalized spacial score (nSPS) is 24.3. The van der Waals surface area contributed by atoms with Crippen molar-refractivity contribution in [2.24, 2.45) is 5.41 Å². The summed E-state index contributed by atoms with van der Waals surface area (Å²) in [4.78, 5) is 12.4. The Bertz CT molecular complexity index is 690. The Morgan fingerprint density at radius 3 is 2.57 bits per heavy atom. The van der Waals surface area contributed by atoms with E-state index in [4.69, 9.17) is 0 Å². The lowest BCUT2D eigenvalue weighted by Crippen LogP contribution is -2.40. The molecule has 0 amide bonds. The van der Waals surface area contributed by atoms with Gasteiger partial charge in [-0.3, -0.25) is 9.80 Å². The molecule has 0 aromatic heterocycles. The van der Waals surface area contributed by atoms with Crippen LogP contribution in [0.1, 0.15) is 39.5 Å². The van der Waals surface area contributed by atoms with Crippen molar-refractivity contribution in [1.29, 1.82) is 0 Å². The van der Waals surface area contributed by atoms with E-state index < -0.39 is 0 Å². The van der Waals surface area contributed by atoms with Crippen LogP contribution >= 0.6 is 0 Å². The molecule has 0 aliphatic heterocycles. The van der Waals surface area contributed by atoms with Gasteiger partial charge in [-0.1, -0.05) is 5.57 Å². The van der Waals surface area contributed by atoms with E-state index in [1.807, 2.05) is 12.1 Å². The molecule has 0 heterocycles. The summed E-state index contributed by atoms with van der Waals surface area (Å²) in [5, 5.41) is 1.96. The number of allylic oxidation sites excluding steroid dienone is 3. The van der Waals surface area contributed by atoms with Crippen molar-refractivity contribution in [2.75, 3.05) is 12.1 Å². The highest BCUT2D eigenvalue weighted by Crippen LogP contribution is 2.47. The summed E-state index contributed by atoms with van der Waals surface area (Å²) in [7, 11) is 1.85. The largest absolute Gasteiger partial charge is 0.299 e. The predicted octanol–water partition coefficient (Wildman–Crippen LogP) is 4.13. The second-order valence-electron chi connectivity index (χ2n) is 6.66. The van der Waals surface area contributed by atoms with E-state index in [9.17, 15) is 9.18 Å². The lowest BCUT2D eigenvalue weighted by molar-refractivity contribution is -0.127. The molecular weight excluding hydrogens is 291 g/mol. The molecule has 4 heteroatoms. The number of Topliss-reactive ketones (excluding diaryl/α,β-unsaturated/α-hetero) is 1. The van der Waals surface area contributed by atoms with E-state index >= 15 is 0 Å². The fourth-order valence-electron chi connectivity index (χ4n) is 3.76. The van der Waals surface area contributed by atoms with Crippen LogP contribution in [0.5, 0.6) is 0 Å². The smallest absolute Gasteiger partial charge is 0.143 e. The molecule has 2 aliphatic carbocycles. The molecule has 1 aromatic carbocycles. The molecule has 0 bridgehead atoms. The molecule has 0 saturated heterocycles. The minimum Gasteiger partial charge on any atom is -0.299 e. The first-order valence-electron chi connectivity index (χ1n) is 8.13. The molecule has 0 spiro atoms. The van der Waals surface area contributed by atoms with Crippen LogP contribution in [-0.4, -0.2) is 12.8 Å².